The Morgan fingerprint density at radius 3 is 2.31 bits per heavy atom. The second-order valence-electron chi connectivity index (χ2n) is 8.20. The zero-order chi connectivity index (χ0) is 24.4. The highest BCUT2D eigenvalue weighted by Gasteiger charge is 2.27. The van der Waals surface area contributed by atoms with E-state index in [0.717, 1.165) is 11.3 Å². The topological polar surface area (TPSA) is 84.5 Å². The Morgan fingerprint density at radius 2 is 1.60 bits per heavy atom. The summed E-state index contributed by atoms with van der Waals surface area (Å²) in [5, 5.41) is 16.7. The van der Waals surface area contributed by atoms with Gasteiger partial charge in [0.15, 0.2) is 0 Å². The van der Waals surface area contributed by atoms with Crippen molar-refractivity contribution in [2.75, 3.05) is 31.1 Å². The van der Waals surface area contributed by atoms with Gasteiger partial charge in [-0.1, -0.05) is 60.1 Å². The number of amides is 1. The first-order valence-electron chi connectivity index (χ1n) is 11.2. The maximum Gasteiger partial charge on any atom is 0.272 e. The summed E-state index contributed by atoms with van der Waals surface area (Å²) in [6, 6.07) is 25.1. The van der Waals surface area contributed by atoms with Crippen molar-refractivity contribution < 1.29 is 9.72 Å². The number of anilines is 1. The van der Waals surface area contributed by atoms with Gasteiger partial charge in [0.05, 0.1) is 27.0 Å². The normalized spacial score (nSPS) is 13.6. The van der Waals surface area contributed by atoms with E-state index in [1.54, 1.807) is 23.1 Å². The molecule has 4 aromatic rings. The molecule has 9 heteroatoms. The van der Waals surface area contributed by atoms with Crippen molar-refractivity contribution in [3.8, 4) is 16.9 Å². The van der Waals surface area contributed by atoms with Crippen LogP contribution in [-0.2, 0) is 0 Å². The van der Waals surface area contributed by atoms with Crippen molar-refractivity contribution in [1.29, 1.82) is 0 Å². The fourth-order valence-corrected chi connectivity index (χ4v) is 4.49. The van der Waals surface area contributed by atoms with Crippen molar-refractivity contribution >= 4 is 28.9 Å². The molecule has 0 unspecified atom stereocenters. The first-order chi connectivity index (χ1) is 17.0. The molecule has 8 nitrogen and oxygen atoms in total. The van der Waals surface area contributed by atoms with Gasteiger partial charge >= 0.3 is 0 Å². The predicted molar refractivity (Wildman–Crippen MR) is 135 cm³/mol. The lowest BCUT2D eigenvalue weighted by Crippen LogP contribution is -2.49. The number of halogens is 1. The minimum atomic E-state index is -0.458. The number of nitro groups is 1. The van der Waals surface area contributed by atoms with Gasteiger partial charge in [-0.25, -0.2) is 4.68 Å². The minimum Gasteiger partial charge on any atom is -0.367 e. The van der Waals surface area contributed by atoms with Crippen LogP contribution in [0.25, 0.3) is 16.9 Å². The summed E-state index contributed by atoms with van der Waals surface area (Å²) in [5.74, 6) is -0.176. The zero-order valence-electron chi connectivity index (χ0n) is 18.8. The molecule has 3 aromatic carbocycles. The number of nitro benzene ring substituents is 1. The fourth-order valence-electron chi connectivity index (χ4n) is 4.24. The molecule has 1 aliphatic rings. The first kappa shape index (κ1) is 22.6. The Balaban J connectivity index is 1.46. The van der Waals surface area contributed by atoms with Crippen LogP contribution in [0.5, 0.6) is 0 Å². The van der Waals surface area contributed by atoms with Gasteiger partial charge in [0.2, 0.25) is 0 Å². The third-order valence-corrected chi connectivity index (χ3v) is 6.36. The molecular weight excluding hydrogens is 466 g/mol. The van der Waals surface area contributed by atoms with E-state index in [2.05, 4.69) is 10.00 Å². The van der Waals surface area contributed by atoms with Gasteiger partial charge in [-0.2, -0.15) is 5.10 Å². The summed E-state index contributed by atoms with van der Waals surface area (Å²) in [6.07, 6.45) is 0. The Kier molecular flexibility index (Phi) is 6.20. The average Bonchev–Trinajstić information content (AvgIpc) is 3.35. The van der Waals surface area contributed by atoms with E-state index in [0.29, 0.717) is 48.3 Å². The van der Waals surface area contributed by atoms with Gasteiger partial charge in [-0.3, -0.25) is 14.9 Å². The number of piperazine rings is 1. The summed E-state index contributed by atoms with van der Waals surface area (Å²) >= 11 is 6.36. The Labute approximate surface area is 207 Å². The number of para-hydroxylation sites is 1. The molecule has 5 rings (SSSR count). The van der Waals surface area contributed by atoms with E-state index in [4.69, 9.17) is 11.6 Å². The highest BCUT2D eigenvalue weighted by Crippen LogP contribution is 2.28. The molecule has 0 bridgehead atoms. The third kappa shape index (κ3) is 4.61. The van der Waals surface area contributed by atoms with Crippen molar-refractivity contribution in [3.63, 3.8) is 0 Å². The molecule has 1 amide bonds. The number of hydrogen-bond donors (Lipinski definition) is 0. The van der Waals surface area contributed by atoms with Crippen LogP contribution in [0.1, 0.15) is 10.5 Å². The molecule has 0 saturated carbocycles. The molecule has 2 heterocycles. The van der Waals surface area contributed by atoms with Crippen LogP contribution >= 0.6 is 11.6 Å². The maximum atomic E-state index is 13.7. The van der Waals surface area contributed by atoms with Crippen LogP contribution in [-0.4, -0.2) is 51.7 Å². The van der Waals surface area contributed by atoms with Crippen molar-refractivity contribution in [1.82, 2.24) is 14.7 Å². The molecular formula is C26H22ClN5O3. The number of carbonyl (C=O) groups is 1. The lowest BCUT2D eigenvalue weighted by molar-refractivity contribution is -0.384. The monoisotopic (exact) mass is 487 g/mol. The smallest absolute Gasteiger partial charge is 0.272 e. The molecule has 176 valence electrons. The van der Waals surface area contributed by atoms with Crippen LogP contribution in [0.3, 0.4) is 0 Å². The fraction of sp³-hybridized carbons (Fsp3) is 0.154. The molecule has 0 radical (unpaired) electrons. The molecule has 1 aliphatic heterocycles. The SMILES string of the molecule is O=C(c1cc(-c2ccccc2)nn1-c1cccc([N+](=O)[O-])c1)N1CCN(c2ccccc2Cl)CC1. The number of aromatic nitrogens is 2. The molecule has 1 aromatic heterocycles. The second-order valence-corrected chi connectivity index (χ2v) is 8.61. The lowest BCUT2D eigenvalue weighted by Gasteiger charge is -2.36. The largest absolute Gasteiger partial charge is 0.367 e. The summed E-state index contributed by atoms with van der Waals surface area (Å²) < 4.78 is 1.50. The van der Waals surface area contributed by atoms with Gasteiger partial charge in [0, 0.05) is 43.9 Å². The van der Waals surface area contributed by atoms with Crippen molar-refractivity contribution in [2.45, 2.75) is 0 Å². The van der Waals surface area contributed by atoms with Crippen molar-refractivity contribution in [2.24, 2.45) is 0 Å². The lowest BCUT2D eigenvalue weighted by atomic mass is 10.1. The molecule has 0 atom stereocenters. The second kappa shape index (κ2) is 9.60. The Hall–Kier alpha value is -4.17. The van der Waals surface area contributed by atoms with E-state index in [1.807, 2.05) is 54.6 Å². The van der Waals surface area contributed by atoms with Gasteiger partial charge < -0.3 is 9.80 Å². The third-order valence-electron chi connectivity index (χ3n) is 6.04. The minimum absolute atomic E-state index is 0.0639. The van der Waals surface area contributed by atoms with E-state index >= 15 is 0 Å². The van der Waals surface area contributed by atoms with E-state index in [9.17, 15) is 14.9 Å². The molecule has 0 aliphatic carbocycles. The quantitative estimate of drug-likeness (QED) is 0.290. The summed E-state index contributed by atoms with van der Waals surface area (Å²) in [7, 11) is 0. The number of non-ortho nitro benzene ring substituents is 1. The summed E-state index contributed by atoms with van der Waals surface area (Å²) in [6.45, 7) is 2.33. The molecule has 1 fully saturated rings. The number of nitrogens with zero attached hydrogens (tertiary/aromatic N) is 5. The number of hydrogen-bond acceptors (Lipinski definition) is 5. The standard InChI is InChI=1S/C26H22ClN5O3/c27-22-11-4-5-12-24(22)29-13-15-30(16-14-29)26(33)25-18-23(19-7-2-1-3-8-19)28-31(25)20-9-6-10-21(17-20)32(34)35/h1-12,17-18H,13-16H2. The van der Waals surface area contributed by atoms with Crippen LogP contribution in [0.4, 0.5) is 11.4 Å². The maximum absolute atomic E-state index is 13.7. The van der Waals surface area contributed by atoms with Crippen molar-refractivity contribution in [3.05, 3.63) is 106 Å². The van der Waals surface area contributed by atoms with Crippen LogP contribution in [0.2, 0.25) is 5.02 Å². The zero-order valence-corrected chi connectivity index (χ0v) is 19.5. The van der Waals surface area contributed by atoms with Crippen LogP contribution < -0.4 is 4.90 Å². The molecule has 35 heavy (non-hydrogen) atoms. The highest BCUT2D eigenvalue weighted by molar-refractivity contribution is 6.33. The number of carbonyl (C=O) groups excluding carboxylic acids is 1. The van der Waals surface area contributed by atoms with Gasteiger partial charge in [0.1, 0.15) is 5.69 Å². The van der Waals surface area contributed by atoms with Gasteiger partial charge in [-0.15, -0.1) is 0 Å². The van der Waals surface area contributed by atoms with Crippen LogP contribution in [0, 0.1) is 10.1 Å². The molecule has 0 N–H and O–H groups in total. The molecule has 0 spiro atoms. The highest BCUT2D eigenvalue weighted by atomic mass is 35.5. The first-order valence-corrected chi connectivity index (χ1v) is 11.6. The summed E-state index contributed by atoms with van der Waals surface area (Å²) in [4.78, 5) is 28.5. The Bertz CT molecular complexity index is 1380. The number of rotatable bonds is 5. The Morgan fingerprint density at radius 1 is 0.886 bits per heavy atom. The molecule has 1 saturated heterocycles. The van der Waals surface area contributed by atoms with E-state index in [-0.39, 0.29) is 11.6 Å². The van der Waals surface area contributed by atoms with E-state index in [1.165, 1.54) is 16.8 Å². The number of benzene rings is 3. The average molecular weight is 488 g/mol. The predicted octanol–water partition coefficient (Wildman–Crippen LogP) is 5.06. The van der Waals surface area contributed by atoms with Gasteiger partial charge in [-0.05, 0) is 24.3 Å². The van der Waals surface area contributed by atoms with Crippen LogP contribution in [0.15, 0.2) is 84.9 Å². The van der Waals surface area contributed by atoms with Gasteiger partial charge in [0.25, 0.3) is 11.6 Å². The van der Waals surface area contributed by atoms with E-state index < -0.39 is 4.92 Å². The summed E-state index contributed by atoms with van der Waals surface area (Å²) in [5.41, 5.74) is 3.18.